The van der Waals surface area contributed by atoms with Crippen molar-refractivity contribution in [3.05, 3.63) is 89.0 Å². The second kappa shape index (κ2) is 18.4. The molecule has 5 heterocycles. The average Bonchev–Trinajstić information content (AvgIpc) is 4.13. The number of aromatic nitrogens is 4. The molecule has 0 unspecified atom stereocenters. The van der Waals surface area contributed by atoms with Gasteiger partial charge in [-0.2, -0.15) is 0 Å². The van der Waals surface area contributed by atoms with Gasteiger partial charge in [0.2, 0.25) is 11.8 Å². The molecule has 3 saturated heterocycles. The Hall–Kier alpha value is -6.26. The van der Waals surface area contributed by atoms with Crippen molar-refractivity contribution in [1.29, 1.82) is 0 Å². The molecule has 358 valence electrons. The van der Waals surface area contributed by atoms with E-state index in [2.05, 4.69) is 89.5 Å². The van der Waals surface area contributed by atoms with Crippen molar-refractivity contribution in [2.75, 3.05) is 32.1 Å². The summed E-state index contributed by atoms with van der Waals surface area (Å²) in [6.07, 6.45) is -2.75. The fourth-order valence-corrected chi connectivity index (χ4v) is 10.4. The van der Waals surface area contributed by atoms with Crippen LogP contribution in [-0.4, -0.2) is 115 Å². The van der Waals surface area contributed by atoms with Crippen LogP contribution in [0.2, 0.25) is 0 Å². The summed E-state index contributed by atoms with van der Waals surface area (Å²) in [6.45, 7) is 13.5. The predicted octanol–water partition coefficient (Wildman–Crippen LogP) is 9.06. The van der Waals surface area contributed by atoms with E-state index < -0.39 is 60.5 Å². The van der Waals surface area contributed by atoms with Gasteiger partial charge in [-0.1, -0.05) is 72.7 Å². The molecular formula is C50H63F2N9O6. The number of H-pyrrole nitrogens is 2. The number of carboxylic acid groups (broad SMARTS) is 1. The van der Waals surface area contributed by atoms with Crippen LogP contribution in [0.3, 0.4) is 0 Å². The van der Waals surface area contributed by atoms with Gasteiger partial charge in [0.05, 0.1) is 66.4 Å². The number of nitrogens with one attached hydrogen (secondary N) is 3. The number of methoxy groups -OCH3 is 1. The zero-order chi connectivity index (χ0) is 48.2. The maximum Gasteiger partial charge on any atom is 0.407 e. The number of carbonyl (C=O) groups is 4. The molecule has 15 nitrogen and oxygen atoms in total. The fraction of sp³-hybridized carbons (Fsp3) is 0.520. The normalized spacial score (nSPS) is 23.1. The first kappa shape index (κ1) is 47.2. The van der Waals surface area contributed by atoms with Crippen LogP contribution >= 0.6 is 0 Å². The predicted molar refractivity (Wildman–Crippen MR) is 251 cm³/mol. The minimum Gasteiger partial charge on any atom is -0.465 e. The zero-order valence-corrected chi connectivity index (χ0v) is 39.7. The third kappa shape index (κ3) is 9.25. The summed E-state index contributed by atoms with van der Waals surface area (Å²) < 4.78 is 35.1. The Kier molecular flexibility index (Phi) is 13.0. The summed E-state index contributed by atoms with van der Waals surface area (Å²) >= 11 is 0. The number of alkyl halides is 2. The molecule has 17 heteroatoms. The molecule has 0 spiro atoms. The van der Waals surface area contributed by atoms with Crippen LogP contribution in [0, 0.1) is 11.8 Å². The molecule has 0 bridgehead atoms. The first-order chi connectivity index (χ1) is 31.7. The van der Waals surface area contributed by atoms with Crippen LogP contribution in [0.4, 0.5) is 24.1 Å². The molecule has 3 fully saturated rings. The van der Waals surface area contributed by atoms with Crippen molar-refractivity contribution in [2.24, 2.45) is 11.8 Å². The quantitative estimate of drug-likeness (QED) is 0.101. The molecule has 0 aliphatic carbocycles. The number of nitrogens with zero attached hydrogens (tertiary/aromatic N) is 6. The van der Waals surface area contributed by atoms with E-state index in [4.69, 9.17) is 14.7 Å². The Morgan fingerprint density at radius 3 is 1.69 bits per heavy atom. The van der Waals surface area contributed by atoms with Gasteiger partial charge in [0.15, 0.2) is 0 Å². The number of hydrogen-bond acceptors (Lipinski definition) is 8. The Labute approximate surface area is 389 Å². The molecular weight excluding hydrogens is 861 g/mol. The third-order valence-electron chi connectivity index (χ3n) is 13.9. The number of carbonyl (C=O) groups excluding carboxylic acids is 3. The number of rotatable bonds is 11. The highest BCUT2D eigenvalue weighted by Gasteiger charge is 2.45. The van der Waals surface area contributed by atoms with E-state index in [0.717, 1.165) is 45.6 Å². The van der Waals surface area contributed by atoms with Crippen LogP contribution < -0.4 is 10.2 Å². The van der Waals surface area contributed by atoms with Gasteiger partial charge in [-0.05, 0) is 83.2 Å². The summed E-state index contributed by atoms with van der Waals surface area (Å²) in [5.74, 6) is -0.514. The van der Waals surface area contributed by atoms with Crippen LogP contribution in [-0.2, 0) is 19.7 Å². The number of alkyl carbamates (subject to hydrolysis) is 1. The average molecular weight is 924 g/mol. The zero-order valence-electron chi connectivity index (χ0n) is 39.7. The topological polar surface area (TPSA) is 180 Å². The summed E-state index contributed by atoms with van der Waals surface area (Å²) in [6, 6.07) is 17.6. The molecule has 3 aliphatic rings. The molecule has 5 aromatic rings. The van der Waals surface area contributed by atoms with Gasteiger partial charge in [0, 0.05) is 25.6 Å². The first-order valence-electron chi connectivity index (χ1n) is 23.3. The Morgan fingerprint density at radius 1 is 0.761 bits per heavy atom. The van der Waals surface area contributed by atoms with Gasteiger partial charge in [-0.25, -0.2) is 28.3 Å². The molecule has 2 aromatic heterocycles. The number of likely N-dealkylation sites (N-methyl/N-ethyl adjacent to an activating group) is 1. The number of ether oxygens (including phenoxy) is 1. The Balaban J connectivity index is 1.11. The van der Waals surface area contributed by atoms with E-state index in [1.54, 1.807) is 13.8 Å². The molecule has 67 heavy (non-hydrogen) atoms. The van der Waals surface area contributed by atoms with Crippen LogP contribution in [0.15, 0.2) is 60.7 Å². The molecule has 0 saturated carbocycles. The van der Waals surface area contributed by atoms with Gasteiger partial charge in [-0.3, -0.25) is 14.5 Å². The molecule has 4 amide bonds. The number of imidazole rings is 2. The van der Waals surface area contributed by atoms with Crippen molar-refractivity contribution < 1.29 is 37.8 Å². The lowest BCUT2D eigenvalue weighted by atomic mass is 9.87. The maximum atomic E-state index is 15.2. The highest BCUT2D eigenvalue weighted by molar-refractivity contribution is 5.87. The van der Waals surface area contributed by atoms with E-state index in [-0.39, 0.29) is 55.3 Å². The van der Waals surface area contributed by atoms with E-state index in [9.17, 15) is 24.3 Å². The molecule has 0 radical (unpaired) electrons. The Bertz CT molecular complexity index is 2640. The number of fused-ring (bicyclic) bond motifs is 2. The van der Waals surface area contributed by atoms with E-state index in [1.807, 2.05) is 26.0 Å². The number of anilines is 1. The van der Waals surface area contributed by atoms with Crippen LogP contribution in [0.5, 0.6) is 0 Å². The van der Waals surface area contributed by atoms with Gasteiger partial charge in [0.1, 0.15) is 36.1 Å². The van der Waals surface area contributed by atoms with E-state index >= 15 is 8.78 Å². The van der Waals surface area contributed by atoms with Gasteiger partial charge < -0.3 is 39.8 Å². The van der Waals surface area contributed by atoms with Crippen LogP contribution in [0.25, 0.3) is 22.1 Å². The number of halogens is 2. The highest BCUT2D eigenvalue weighted by Crippen LogP contribution is 2.48. The summed E-state index contributed by atoms with van der Waals surface area (Å²) in [5, 5.41) is 12.4. The third-order valence-corrected chi connectivity index (χ3v) is 13.9. The van der Waals surface area contributed by atoms with Crippen molar-refractivity contribution in [3.63, 3.8) is 0 Å². The summed E-state index contributed by atoms with van der Waals surface area (Å²) in [5.41, 5.74) is 7.19. The van der Waals surface area contributed by atoms with Crippen molar-refractivity contribution >= 4 is 51.8 Å². The molecule has 4 N–H and O–H groups in total. The highest BCUT2D eigenvalue weighted by atomic mass is 19.1. The number of benzene rings is 3. The minimum absolute atomic E-state index is 0.0470. The fourth-order valence-electron chi connectivity index (χ4n) is 10.4. The second-order valence-electron chi connectivity index (χ2n) is 20.2. The molecule has 8 rings (SSSR count). The van der Waals surface area contributed by atoms with Crippen molar-refractivity contribution in [3.8, 4) is 0 Å². The van der Waals surface area contributed by atoms with Gasteiger partial charge in [-0.15, -0.1) is 0 Å². The van der Waals surface area contributed by atoms with Crippen molar-refractivity contribution in [2.45, 2.75) is 128 Å². The smallest absolute Gasteiger partial charge is 0.407 e. The largest absolute Gasteiger partial charge is 0.465 e. The van der Waals surface area contributed by atoms with Gasteiger partial charge >= 0.3 is 12.2 Å². The Morgan fingerprint density at radius 2 is 1.25 bits per heavy atom. The monoisotopic (exact) mass is 923 g/mol. The number of likely N-dealkylation sites (tertiary alicyclic amines) is 2. The first-order valence-corrected chi connectivity index (χ1v) is 23.3. The molecule has 3 aromatic carbocycles. The molecule has 3 aliphatic heterocycles. The maximum absolute atomic E-state index is 15.2. The van der Waals surface area contributed by atoms with Crippen molar-refractivity contribution in [1.82, 2.24) is 40.0 Å². The number of amides is 4. The van der Waals surface area contributed by atoms with E-state index in [0.29, 0.717) is 22.7 Å². The van der Waals surface area contributed by atoms with Gasteiger partial charge in [0.25, 0.3) is 0 Å². The lowest BCUT2D eigenvalue weighted by Gasteiger charge is -2.34. The van der Waals surface area contributed by atoms with Crippen LogP contribution in [0.1, 0.15) is 127 Å². The summed E-state index contributed by atoms with van der Waals surface area (Å²) in [4.78, 5) is 74.8. The van der Waals surface area contributed by atoms with E-state index in [1.165, 1.54) is 29.5 Å². The lowest BCUT2D eigenvalue weighted by Crippen LogP contribution is -2.51. The SMILES string of the molecule is COC(=O)N[C@H](C(=O)N1C[C@@H](F)C[C@H]1c1nc2ccc([C@H]3CC[C@H](c4ccc5nc([C@@H]6C[C@H](F)CN6C(=O)[C@H](C(C)C)N(C)C(=O)O)[nH]c5c4)N3c3ccc(C(C)(C)C)cc3)cc2[nH]1)C(C)C. The second-order valence-corrected chi connectivity index (χ2v) is 20.2. The number of hydrogen-bond donors (Lipinski definition) is 4. The lowest BCUT2D eigenvalue weighted by molar-refractivity contribution is -0.139. The number of aromatic amines is 2. The molecule has 8 atom stereocenters. The summed E-state index contributed by atoms with van der Waals surface area (Å²) in [7, 11) is 2.60. The minimum atomic E-state index is -1.29. The standard InChI is InChI=1S/C50H63F2N9O6/c1-26(2)42(57-48(64)67-9)46(62)59-24-31(51)22-40(59)44-53-34-16-10-28(20-36(34)55-44)38-18-19-39(61(38)33-14-12-30(13-15-33)50(5,6)7)29-11-17-35-37(21-29)56-45(54-35)41-23-32(52)25-60(41)47(63)43(27(3)4)58(8)49(65)66/h10-17,20-21,26-27,31-32,38-43H,18-19,22-25H2,1-9H3,(H,53,55)(H,54,56)(H,57,64)(H,65,66)/t31-,32-,38+,39+,40-,41-,42-,43-/m0/s1.